The molecule has 1 saturated heterocycles. The van der Waals surface area contributed by atoms with Crippen molar-refractivity contribution in [3.8, 4) is 11.5 Å². The Morgan fingerprint density at radius 3 is 2.18 bits per heavy atom. The average Bonchev–Trinajstić information content (AvgIpc) is 2.77. The van der Waals surface area contributed by atoms with E-state index in [1.165, 1.54) is 14.2 Å². The van der Waals surface area contributed by atoms with Gasteiger partial charge in [-0.25, -0.2) is 9.97 Å². The quantitative estimate of drug-likeness (QED) is 0.777. The number of nitrogens with one attached hydrogen (secondary N) is 1. The summed E-state index contributed by atoms with van der Waals surface area (Å²) in [4.78, 5) is 37.3. The summed E-state index contributed by atoms with van der Waals surface area (Å²) in [6.07, 6.45) is 3.39. The summed E-state index contributed by atoms with van der Waals surface area (Å²) in [6.45, 7) is 2.28. The van der Waals surface area contributed by atoms with Crippen molar-refractivity contribution in [3.63, 3.8) is 0 Å². The number of piperazine rings is 1. The molecule has 0 radical (unpaired) electrons. The SMILES string of the molecule is COc1cccc(OC)c1C(=O)NCC(=O)N1CCN(c2ncccn2)CC1. The van der Waals surface area contributed by atoms with Crippen LogP contribution in [0.2, 0.25) is 0 Å². The fraction of sp³-hybridized carbons (Fsp3) is 0.368. The molecule has 0 spiro atoms. The maximum absolute atomic E-state index is 12.6. The number of rotatable bonds is 6. The summed E-state index contributed by atoms with van der Waals surface area (Å²) in [5.74, 6) is 0.877. The van der Waals surface area contributed by atoms with Gasteiger partial charge >= 0.3 is 0 Å². The Balaban J connectivity index is 1.55. The van der Waals surface area contributed by atoms with Crippen molar-refractivity contribution in [2.75, 3.05) is 51.8 Å². The second-order valence-electron chi connectivity index (χ2n) is 6.14. The molecule has 2 aromatic rings. The fourth-order valence-corrected chi connectivity index (χ4v) is 3.04. The van der Waals surface area contributed by atoms with Crippen molar-refractivity contribution in [2.45, 2.75) is 0 Å². The summed E-state index contributed by atoms with van der Waals surface area (Å²) in [6, 6.07) is 6.84. The molecule has 28 heavy (non-hydrogen) atoms. The molecule has 1 fully saturated rings. The smallest absolute Gasteiger partial charge is 0.259 e. The van der Waals surface area contributed by atoms with E-state index >= 15 is 0 Å². The van der Waals surface area contributed by atoms with Crippen molar-refractivity contribution in [2.24, 2.45) is 0 Å². The minimum Gasteiger partial charge on any atom is -0.496 e. The number of hydrogen-bond acceptors (Lipinski definition) is 7. The summed E-state index contributed by atoms with van der Waals surface area (Å²) in [5.41, 5.74) is 0.270. The van der Waals surface area contributed by atoms with Gasteiger partial charge in [0, 0.05) is 38.6 Å². The summed E-state index contributed by atoms with van der Waals surface area (Å²) < 4.78 is 10.5. The van der Waals surface area contributed by atoms with Gasteiger partial charge in [0.2, 0.25) is 11.9 Å². The molecule has 2 amide bonds. The lowest BCUT2D eigenvalue weighted by atomic mass is 10.1. The Kier molecular flexibility index (Phi) is 6.25. The number of anilines is 1. The molecule has 2 heterocycles. The molecule has 1 N–H and O–H groups in total. The average molecular weight is 385 g/mol. The predicted molar refractivity (Wildman–Crippen MR) is 103 cm³/mol. The van der Waals surface area contributed by atoms with Crippen LogP contribution in [0.25, 0.3) is 0 Å². The zero-order valence-electron chi connectivity index (χ0n) is 15.9. The van der Waals surface area contributed by atoms with Gasteiger partial charge in [0.25, 0.3) is 5.91 Å². The van der Waals surface area contributed by atoms with E-state index in [-0.39, 0.29) is 18.0 Å². The second kappa shape index (κ2) is 9.03. The molecule has 9 nitrogen and oxygen atoms in total. The van der Waals surface area contributed by atoms with Crippen LogP contribution in [0, 0.1) is 0 Å². The molecule has 1 aliphatic rings. The number of hydrogen-bond donors (Lipinski definition) is 1. The van der Waals surface area contributed by atoms with Crippen LogP contribution in [0.15, 0.2) is 36.7 Å². The Bertz CT molecular complexity index is 800. The van der Waals surface area contributed by atoms with E-state index in [1.807, 2.05) is 4.90 Å². The van der Waals surface area contributed by atoms with Gasteiger partial charge in [-0.3, -0.25) is 9.59 Å². The topological polar surface area (TPSA) is 96.9 Å². The first kappa shape index (κ1) is 19.4. The highest BCUT2D eigenvalue weighted by atomic mass is 16.5. The second-order valence-corrected chi connectivity index (χ2v) is 6.14. The van der Waals surface area contributed by atoms with Crippen LogP contribution >= 0.6 is 0 Å². The van der Waals surface area contributed by atoms with E-state index in [2.05, 4.69) is 15.3 Å². The molecule has 0 saturated carbocycles. The molecule has 1 aromatic carbocycles. The number of amides is 2. The molecule has 148 valence electrons. The third-order valence-corrected chi connectivity index (χ3v) is 4.52. The van der Waals surface area contributed by atoms with Crippen molar-refractivity contribution < 1.29 is 19.1 Å². The van der Waals surface area contributed by atoms with E-state index in [4.69, 9.17) is 9.47 Å². The van der Waals surface area contributed by atoms with E-state index in [0.717, 1.165) is 0 Å². The van der Waals surface area contributed by atoms with Crippen LogP contribution in [0.5, 0.6) is 11.5 Å². The molecule has 0 unspecified atom stereocenters. The van der Waals surface area contributed by atoms with E-state index in [9.17, 15) is 9.59 Å². The van der Waals surface area contributed by atoms with Gasteiger partial charge in [-0.15, -0.1) is 0 Å². The van der Waals surface area contributed by atoms with Crippen molar-refractivity contribution in [1.82, 2.24) is 20.2 Å². The summed E-state index contributed by atoms with van der Waals surface area (Å²) >= 11 is 0. The first-order chi connectivity index (χ1) is 13.6. The third-order valence-electron chi connectivity index (χ3n) is 4.52. The van der Waals surface area contributed by atoms with E-state index in [0.29, 0.717) is 43.6 Å². The van der Waals surface area contributed by atoms with Gasteiger partial charge < -0.3 is 24.6 Å². The molecular weight excluding hydrogens is 362 g/mol. The van der Waals surface area contributed by atoms with Crippen LogP contribution in [0.4, 0.5) is 5.95 Å². The van der Waals surface area contributed by atoms with Gasteiger partial charge in [0.15, 0.2) is 0 Å². The Morgan fingerprint density at radius 2 is 1.61 bits per heavy atom. The lowest BCUT2D eigenvalue weighted by molar-refractivity contribution is -0.130. The van der Waals surface area contributed by atoms with Crippen LogP contribution in [0.1, 0.15) is 10.4 Å². The Labute approximate surface area is 163 Å². The number of benzene rings is 1. The highest BCUT2D eigenvalue weighted by molar-refractivity contribution is 6.01. The van der Waals surface area contributed by atoms with E-state index < -0.39 is 5.91 Å². The van der Waals surface area contributed by atoms with Crippen molar-refractivity contribution in [3.05, 3.63) is 42.2 Å². The number of ether oxygens (including phenoxy) is 2. The number of carbonyl (C=O) groups is 2. The normalized spacial score (nSPS) is 13.8. The molecule has 0 atom stereocenters. The van der Waals surface area contributed by atoms with Crippen LogP contribution in [0.3, 0.4) is 0 Å². The van der Waals surface area contributed by atoms with Crippen molar-refractivity contribution in [1.29, 1.82) is 0 Å². The van der Waals surface area contributed by atoms with Crippen LogP contribution < -0.4 is 19.7 Å². The Hall–Kier alpha value is -3.36. The maximum Gasteiger partial charge on any atom is 0.259 e. The molecule has 0 bridgehead atoms. The molecule has 1 aliphatic heterocycles. The lowest BCUT2D eigenvalue weighted by Crippen LogP contribution is -2.51. The first-order valence-corrected chi connectivity index (χ1v) is 8.93. The number of nitrogens with zero attached hydrogens (tertiary/aromatic N) is 4. The highest BCUT2D eigenvalue weighted by Crippen LogP contribution is 2.27. The van der Waals surface area contributed by atoms with Gasteiger partial charge in [-0.2, -0.15) is 0 Å². The number of aromatic nitrogens is 2. The molecule has 0 aliphatic carbocycles. The van der Waals surface area contributed by atoms with Crippen LogP contribution in [-0.4, -0.2) is 73.6 Å². The van der Waals surface area contributed by atoms with Crippen LogP contribution in [-0.2, 0) is 4.79 Å². The third kappa shape index (κ3) is 4.30. The monoisotopic (exact) mass is 385 g/mol. The molecule has 9 heteroatoms. The summed E-state index contributed by atoms with van der Waals surface area (Å²) in [5, 5.41) is 2.66. The number of methoxy groups -OCH3 is 2. The first-order valence-electron chi connectivity index (χ1n) is 8.93. The highest BCUT2D eigenvalue weighted by Gasteiger charge is 2.24. The molecular formula is C19H23N5O4. The minimum atomic E-state index is -0.418. The number of carbonyl (C=O) groups excluding carboxylic acids is 2. The predicted octanol–water partition coefficient (Wildman–Crippen LogP) is 0.572. The lowest BCUT2D eigenvalue weighted by Gasteiger charge is -2.34. The zero-order valence-corrected chi connectivity index (χ0v) is 15.9. The fourth-order valence-electron chi connectivity index (χ4n) is 3.04. The standard InChI is InChI=1S/C19H23N5O4/c1-27-14-5-3-6-15(28-2)17(14)18(26)22-13-16(25)23-9-11-24(12-10-23)19-20-7-4-8-21-19/h3-8H,9-13H2,1-2H3,(H,22,26). The van der Waals surface area contributed by atoms with Gasteiger partial charge in [-0.1, -0.05) is 6.07 Å². The summed E-state index contributed by atoms with van der Waals surface area (Å²) in [7, 11) is 2.96. The minimum absolute atomic E-state index is 0.0954. The molecule has 3 rings (SSSR count). The van der Waals surface area contributed by atoms with Crippen molar-refractivity contribution >= 4 is 17.8 Å². The van der Waals surface area contributed by atoms with Gasteiger partial charge in [-0.05, 0) is 18.2 Å². The Morgan fingerprint density at radius 1 is 1.00 bits per heavy atom. The zero-order chi connectivity index (χ0) is 19.9. The van der Waals surface area contributed by atoms with Gasteiger partial charge in [0.1, 0.15) is 17.1 Å². The largest absolute Gasteiger partial charge is 0.496 e. The maximum atomic E-state index is 12.6. The molecule has 1 aromatic heterocycles. The van der Waals surface area contributed by atoms with Gasteiger partial charge in [0.05, 0.1) is 20.8 Å². The van der Waals surface area contributed by atoms with E-state index in [1.54, 1.807) is 41.6 Å².